The minimum atomic E-state index is -1.63. The molecule has 0 unspecified atom stereocenters. The topological polar surface area (TPSA) is 204 Å². The number of hydrogen-bond donors (Lipinski definition) is 5. The number of fused-ring (bicyclic) bond motifs is 2. The number of hydrogen-bond acceptors (Lipinski definition) is 11. The fourth-order valence-corrected chi connectivity index (χ4v) is 7.49. The average molecular weight is 979 g/mol. The Morgan fingerprint density at radius 1 is 0.653 bits per heavy atom. The summed E-state index contributed by atoms with van der Waals surface area (Å²) in [5.74, 6) is -1.05. The molecule has 6 rings (SSSR count). The minimum Gasteiger partial charge on any atom is -0.489 e. The molecule has 0 radical (unpaired) electrons. The predicted octanol–water partition coefficient (Wildman–Crippen LogP) is 10.2. The van der Waals surface area contributed by atoms with Crippen molar-refractivity contribution in [1.82, 2.24) is 21.4 Å². The van der Waals surface area contributed by atoms with E-state index in [1.54, 1.807) is 78.8 Å². The SMILES string of the molecule is C=CCOc1ccc2ccccc2c1-c1c(OCC(=O)N[C@@](C)(CCCN=C(NC(=O)OC(C)(C)C)NC(=O)OC(C)(C)C)C(=O)Nc2cccc(C(=O)NOCc3ccccc3)c2)ccc2ccccc12. The van der Waals surface area contributed by atoms with Gasteiger partial charge >= 0.3 is 12.2 Å². The molecule has 376 valence electrons. The smallest absolute Gasteiger partial charge is 0.414 e. The second kappa shape index (κ2) is 24.1. The van der Waals surface area contributed by atoms with Crippen LogP contribution in [-0.2, 0) is 30.5 Å². The number of nitrogens with zero attached hydrogens (tertiary/aromatic N) is 1. The van der Waals surface area contributed by atoms with Crippen LogP contribution in [0.2, 0.25) is 0 Å². The number of amides is 5. The molecule has 0 aliphatic rings. The zero-order valence-corrected chi connectivity index (χ0v) is 41.7. The van der Waals surface area contributed by atoms with Crippen LogP contribution in [0.4, 0.5) is 15.3 Å². The molecule has 1 atom stereocenters. The number of benzene rings is 6. The molecule has 6 aromatic carbocycles. The van der Waals surface area contributed by atoms with Crippen molar-refractivity contribution in [2.75, 3.05) is 25.1 Å². The van der Waals surface area contributed by atoms with E-state index in [0.29, 0.717) is 17.1 Å². The Balaban J connectivity index is 1.26. The van der Waals surface area contributed by atoms with Crippen molar-refractivity contribution >= 4 is 63.1 Å². The maximum Gasteiger partial charge on any atom is 0.414 e. The molecule has 0 spiro atoms. The van der Waals surface area contributed by atoms with Gasteiger partial charge in [-0.2, -0.15) is 0 Å². The van der Waals surface area contributed by atoms with Crippen molar-refractivity contribution in [3.63, 3.8) is 0 Å². The molecule has 16 nitrogen and oxygen atoms in total. The minimum absolute atomic E-state index is 0.00500. The molecule has 0 saturated heterocycles. The Morgan fingerprint density at radius 3 is 1.81 bits per heavy atom. The summed E-state index contributed by atoms with van der Waals surface area (Å²) in [7, 11) is 0. The van der Waals surface area contributed by atoms with Gasteiger partial charge < -0.3 is 29.6 Å². The van der Waals surface area contributed by atoms with Crippen LogP contribution in [-0.4, -0.2) is 72.4 Å². The van der Waals surface area contributed by atoms with Gasteiger partial charge in [0.1, 0.15) is 34.8 Å². The third kappa shape index (κ3) is 15.4. The fourth-order valence-electron chi connectivity index (χ4n) is 7.49. The summed E-state index contributed by atoms with van der Waals surface area (Å²) in [5, 5.41) is 14.3. The third-order valence-corrected chi connectivity index (χ3v) is 10.6. The van der Waals surface area contributed by atoms with Gasteiger partial charge in [0, 0.05) is 28.9 Å². The van der Waals surface area contributed by atoms with E-state index < -0.39 is 53.3 Å². The van der Waals surface area contributed by atoms with Crippen molar-refractivity contribution in [2.24, 2.45) is 4.99 Å². The molecular formula is C56H62N6O10. The lowest BCUT2D eigenvalue weighted by Gasteiger charge is -2.30. The zero-order chi connectivity index (χ0) is 51.9. The fraction of sp³-hybridized carbons (Fsp3) is 0.286. The highest BCUT2D eigenvalue weighted by atomic mass is 16.7. The molecular weight excluding hydrogens is 917 g/mol. The van der Waals surface area contributed by atoms with Crippen LogP contribution in [0.5, 0.6) is 11.5 Å². The van der Waals surface area contributed by atoms with Gasteiger partial charge in [-0.05, 0) is 119 Å². The summed E-state index contributed by atoms with van der Waals surface area (Å²) in [6.45, 7) is 15.3. The lowest BCUT2D eigenvalue weighted by molar-refractivity contribution is -0.131. The quantitative estimate of drug-likeness (QED) is 0.0181. The summed E-state index contributed by atoms with van der Waals surface area (Å²) in [6.07, 6.45) is 0.0620. The molecule has 0 aromatic heterocycles. The van der Waals surface area contributed by atoms with Crippen LogP contribution < -0.4 is 36.2 Å². The molecule has 0 heterocycles. The first-order chi connectivity index (χ1) is 34.3. The van der Waals surface area contributed by atoms with Crippen molar-refractivity contribution in [3.05, 3.63) is 151 Å². The monoisotopic (exact) mass is 978 g/mol. The largest absolute Gasteiger partial charge is 0.489 e. The number of carbonyl (C=O) groups is 5. The van der Waals surface area contributed by atoms with E-state index in [2.05, 4.69) is 38.3 Å². The van der Waals surface area contributed by atoms with Gasteiger partial charge in [-0.25, -0.2) is 15.1 Å². The number of anilines is 1. The van der Waals surface area contributed by atoms with Gasteiger partial charge in [-0.1, -0.05) is 110 Å². The van der Waals surface area contributed by atoms with Crippen LogP contribution in [0.3, 0.4) is 0 Å². The summed E-state index contributed by atoms with van der Waals surface area (Å²) in [5.41, 5.74) is 1.90. The van der Waals surface area contributed by atoms with Gasteiger partial charge in [-0.15, -0.1) is 0 Å². The highest BCUT2D eigenvalue weighted by Crippen LogP contribution is 2.45. The van der Waals surface area contributed by atoms with E-state index >= 15 is 0 Å². The number of alkyl carbamates (subject to hydrolysis) is 2. The van der Waals surface area contributed by atoms with Gasteiger partial charge in [0.2, 0.25) is 11.9 Å². The Bertz CT molecular complexity index is 2910. The maximum absolute atomic E-state index is 14.5. The maximum atomic E-state index is 14.5. The van der Waals surface area contributed by atoms with Gasteiger partial charge in [0.05, 0.1) is 6.61 Å². The summed E-state index contributed by atoms with van der Waals surface area (Å²) in [6, 6.07) is 38.9. The average Bonchev–Trinajstić information content (AvgIpc) is 3.32. The van der Waals surface area contributed by atoms with Crippen molar-refractivity contribution in [2.45, 2.75) is 84.7 Å². The van der Waals surface area contributed by atoms with Crippen LogP contribution in [0.25, 0.3) is 32.7 Å². The van der Waals surface area contributed by atoms with E-state index in [1.165, 1.54) is 6.07 Å². The first kappa shape index (κ1) is 53.1. The summed E-state index contributed by atoms with van der Waals surface area (Å²) in [4.78, 5) is 77.2. The van der Waals surface area contributed by atoms with Crippen molar-refractivity contribution in [3.8, 4) is 22.6 Å². The van der Waals surface area contributed by atoms with Gasteiger partial charge in [-0.3, -0.25) is 34.8 Å². The lowest BCUT2D eigenvalue weighted by atomic mass is 9.92. The van der Waals surface area contributed by atoms with E-state index in [0.717, 1.165) is 32.7 Å². The van der Waals surface area contributed by atoms with Crippen LogP contribution in [0, 0.1) is 0 Å². The second-order valence-electron chi connectivity index (χ2n) is 18.9. The molecule has 5 amide bonds. The molecule has 0 bridgehead atoms. The Labute approximate surface area is 419 Å². The molecule has 5 N–H and O–H groups in total. The predicted molar refractivity (Wildman–Crippen MR) is 279 cm³/mol. The number of ether oxygens (including phenoxy) is 4. The number of aliphatic imine (C=N–C) groups is 1. The Kier molecular flexibility index (Phi) is 17.7. The standard InChI is InChI=1S/C56H62N6O10/c1-9-33-68-44-29-27-38-21-13-15-25-42(38)47(44)48-43-26-16-14-22-39(43)28-30-45(48)69-36-46(63)61-56(8,31-18-32-57-51(59-52(66)71-54(2,3)4)60-53(67)72-55(5,6)7)50(65)58-41-24-17-23-40(34-41)49(64)62-70-35-37-19-11-10-12-20-37/h9-17,19-30,34H,1,18,31-33,35-36H2,2-8H3,(H,58,65)(H,61,63)(H,62,64)(H2,57,59,60,66,67)/t56-/m0/s1. The third-order valence-electron chi connectivity index (χ3n) is 10.6. The summed E-state index contributed by atoms with van der Waals surface area (Å²) >= 11 is 0. The van der Waals surface area contributed by atoms with Crippen molar-refractivity contribution < 1.29 is 47.8 Å². The molecule has 0 aliphatic carbocycles. The summed E-state index contributed by atoms with van der Waals surface area (Å²) < 4.78 is 23.4. The van der Waals surface area contributed by atoms with Crippen molar-refractivity contribution in [1.29, 1.82) is 0 Å². The van der Waals surface area contributed by atoms with E-state index in [9.17, 15) is 24.0 Å². The van der Waals surface area contributed by atoms with Gasteiger partial charge in [0.25, 0.3) is 11.8 Å². The number of carbonyl (C=O) groups excluding carboxylic acids is 5. The number of nitrogens with one attached hydrogen (secondary N) is 5. The Morgan fingerprint density at radius 2 is 1.22 bits per heavy atom. The lowest BCUT2D eigenvalue weighted by Crippen LogP contribution is -2.55. The molecule has 0 aliphatic heterocycles. The van der Waals surface area contributed by atoms with E-state index in [-0.39, 0.29) is 49.8 Å². The zero-order valence-electron chi connectivity index (χ0n) is 41.7. The Hall–Kier alpha value is -8.24. The highest BCUT2D eigenvalue weighted by molar-refractivity contribution is 6.10. The molecule has 6 aromatic rings. The number of rotatable bonds is 18. The highest BCUT2D eigenvalue weighted by Gasteiger charge is 2.35. The van der Waals surface area contributed by atoms with Crippen LogP contribution >= 0.6 is 0 Å². The first-order valence-corrected chi connectivity index (χ1v) is 23.4. The van der Waals surface area contributed by atoms with Crippen LogP contribution in [0.1, 0.15) is 77.2 Å². The normalized spacial score (nSPS) is 12.1. The number of guanidine groups is 1. The van der Waals surface area contributed by atoms with E-state index in [1.807, 2.05) is 97.1 Å². The van der Waals surface area contributed by atoms with Gasteiger partial charge in [0.15, 0.2) is 6.61 Å². The molecule has 0 saturated carbocycles. The molecule has 16 heteroatoms. The number of hydroxylamine groups is 1. The van der Waals surface area contributed by atoms with Crippen LogP contribution in [0.15, 0.2) is 145 Å². The molecule has 72 heavy (non-hydrogen) atoms. The first-order valence-electron chi connectivity index (χ1n) is 23.4. The van der Waals surface area contributed by atoms with E-state index in [4.69, 9.17) is 23.8 Å². The second-order valence-corrected chi connectivity index (χ2v) is 18.9. The molecule has 0 fully saturated rings.